The molecule has 0 saturated heterocycles. The van der Waals surface area contributed by atoms with Gasteiger partial charge in [0.2, 0.25) is 5.12 Å². The van der Waals surface area contributed by atoms with Crippen LogP contribution < -0.4 is 0 Å². The first-order valence-corrected chi connectivity index (χ1v) is 6.63. The van der Waals surface area contributed by atoms with E-state index in [0.717, 1.165) is 22.4 Å². The summed E-state index contributed by atoms with van der Waals surface area (Å²) in [6, 6.07) is 17.8. The third-order valence-corrected chi connectivity index (χ3v) is 3.28. The van der Waals surface area contributed by atoms with Crippen molar-refractivity contribution in [3.05, 3.63) is 60.2 Å². The molecule has 0 spiro atoms. The summed E-state index contributed by atoms with van der Waals surface area (Å²) in [7, 11) is 0. The Hall–Kier alpha value is -1.54. The molecule has 0 aromatic heterocycles. The third-order valence-electron chi connectivity index (χ3n) is 2.51. The second-order valence-electron chi connectivity index (χ2n) is 3.63. The van der Waals surface area contributed by atoms with Gasteiger partial charge in [0.05, 0.1) is 0 Å². The lowest BCUT2D eigenvalue weighted by Crippen LogP contribution is -1.97. The van der Waals surface area contributed by atoms with Crippen molar-refractivity contribution in [3.8, 4) is 11.1 Å². The summed E-state index contributed by atoms with van der Waals surface area (Å²) in [5.41, 5.74) is 2.90. The number of carbonyl (C=O) groups excluding carboxylic acids is 1. The van der Waals surface area contributed by atoms with Gasteiger partial charge in [-0.05, 0) is 22.9 Å². The fourth-order valence-corrected chi connectivity index (χ4v) is 2.34. The van der Waals surface area contributed by atoms with E-state index in [9.17, 15) is 4.79 Å². The molecule has 0 atom stereocenters. The van der Waals surface area contributed by atoms with Crippen molar-refractivity contribution >= 4 is 16.9 Å². The highest BCUT2D eigenvalue weighted by Gasteiger charge is 2.11. The van der Waals surface area contributed by atoms with Crippen LogP contribution in [-0.4, -0.2) is 10.9 Å². The number of thioether (sulfide) groups is 1. The summed E-state index contributed by atoms with van der Waals surface area (Å²) in [6.45, 7) is 1.99. The summed E-state index contributed by atoms with van der Waals surface area (Å²) >= 11 is 1.35. The Bertz CT molecular complexity index is 505. The minimum Gasteiger partial charge on any atom is -0.282 e. The van der Waals surface area contributed by atoms with E-state index in [1.165, 1.54) is 11.8 Å². The SMILES string of the molecule is CCSC(=O)c1ccccc1-c1ccccc1. The molecule has 0 aliphatic rings. The second kappa shape index (κ2) is 5.69. The number of rotatable bonds is 3. The highest BCUT2D eigenvalue weighted by atomic mass is 32.2. The minimum atomic E-state index is 0.145. The molecule has 0 N–H and O–H groups in total. The van der Waals surface area contributed by atoms with Crippen LogP contribution in [0, 0.1) is 0 Å². The van der Waals surface area contributed by atoms with Gasteiger partial charge in [-0.3, -0.25) is 4.79 Å². The first kappa shape index (κ1) is 11.9. The fraction of sp³-hybridized carbons (Fsp3) is 0.133. The Morgan fingerprint density at radius 3 is 2.35 bits per heavy atom. The predicted octanol–water partition coefficient (Wildman–Crippen LogP) is 4.25. The predicted molar refractivity (Wildman–Crippen MR) is 74.3 cm³/mol. The van der Waals surface area contributed by atoms with E-state index in [-0.39, 0.29) is 5.12 Å². The molecule has 0 heterocycles. The third kappa shape index (κ3) is 2.77. The van der Waals surface area contributed by atoms with Crippen molar-refractivity contribution in [2.24, 2.45) is 0 Å². The molecule has 0 fully saturated rings. The van der Waals surface area contributed by atoms with Crippen LogP contribution in [0.3, 0.4) is 0 Å². The Balaban J connectivity index is 2.45. The van der Waals surface area contributed by atoms with E-state index in [4.69, 9.17) is 0 Å². The normalized spacial score (nSPS) is 10.2. The van der Waals surface area contributed by atoms with Crippen molar-refractivity contribution in [1.82, 2.24) is 0 Å². The summed E-state index contributed by atoms with van der Waals surface area (Å²) in [5.74, 6) is 0.807. The van der Waals surface area contributed by atoms with Crippen molar-refractivity contribution < 1.29 is 4.79 Å². The van der Waals surface area contributed by atoms with Gasteiger partial charge in [-0.15, -0.1) is 0 Å². The van der Waals surface area contributed by atoms with Crippen LogP contribution in [0.1, 0.15) is 17.3 Å². The second-order valence-corrected chi connectivity index (χ2v) is 4.87. The van der Waals surface area contributed by atoms with Crippen LogP contribution in [0.25, 0.3) is 11.1 Å². The standard InChI is InChI=1S/C15H14OS/c1-2-17-15(16)14-11-7-6-10-13(14)12-8-4-3-5-9-12/h3-11H,2H2,1H3. The van der Waals surface area contributed by atoms with Gasteiger partial charge in [-0.1, -0.05) is 67.2 Å². The molecule has 2 aromatic rings. The highest BCUT2D eigenvalue weighted by molar-refractivity contribution is 8.14. The maximum absolute atomic E-state index is 12.0. The fourth-order valence-electron chi connectivity index (χ4n) is 1.74. The molecular formula is C15H14OS. The van der Waals surface area contributed by atoms with Gasteiger partial charge in [0.15, 0.2) is 0 Å². The maximum Gasteiger partial charge on any atom is 0.219 e. The van der Waals surface area contributed by atoms with E-state index in [0.29, 0.717) is 0 Å². The van der Waals surface area contributed by atoms with Gasteiger partial charge in [0.1, 0.15) is 0 Å². The zero-order valence-corrected chi connectivity index (χ0v) is 10.5. The van der Waals surface area contributed by atoms with Gasteiger partial charge in [-0.25, -0.2) is 0 Å². The first-order valence-electron chi connectivity index (χ1n) is 5.64. The largest absolute Gasteiger partial charge is 0.282 e. The van der Waals surface area contributed by atoms with E-state index in [1.54, 1.807) is 0 Å². The molecule has 0 unspecified atom stereocenters. The molecule has 17 heavy (non-hydrogen) atoms. The van der Waals surface area contributed by atoms with Gasteiger partial charge >= 0.3 is 0 Å². The lowest BCUT2D eigenvalue weighted by atomic mass is 10.0. The van der Waals surface area contributed by atoms with E-state index in [2.05, 4.69) is 0 Å². The molecule has 0 amide bonds. The average molecular weight is 242 g/mol. The quantitative estimate of drug-likeness (QED) is 0.800. The molecular weight excluding hydrogens is 228 g/mol. The molecule has 1 nitrogen and oxygen atoms in total. The molecule has 0 aliphatic heterocycles. The first-order chi connectivity index (χ1) is 8.33. The molecule has 86 valence electrons. The smallest absolute Gasteiger partial charge is 0.219 e. The average Bonchev–Trinajstić information content (AvgIpc) is 2.40. The zero-order valence-electron chi connectivity index (χ0n) is 9.72. The van der Waals surface area contributed by atoms with Crippen molar-refractivity contribution in [2.75, 3.05) is 5.75 Å². The zero-order chi connectivity index (χ0) is 12.1. The van der Waals surface area contributed by atoms with Crippen LogP contribution >= 0.6 is 11.8 Å². The summed E-state index contributed by atoms with van der Waals surface area (Å²) < 4.78 is 0. The van der Waals surface area contributed by atoms with Gasteiger partial charge in [-0.2, -0.15) is 0 Å². The molecule has 2 rings (SSSR count). The van der Waals surface area contributed by atoms with Crippen molar-refractivity contribution in [1.29, 1.82) is 0 Å². The van der Waals surface area contributed by atoms with Gasteiger partial charge in [0, 0.05) is 5.56 Å². The molecule has 0 bridgehead atoms. The Morgan fingerprint density at radius 2 is 1.65 bits per heavy atom. The number of benzene rings is 2. The summed E-state index contributed by atoms with van der Waals surface area (Å²) in [5, 5.41) is 0.145. The Labute approximate surface area is 106 Å². The van der Waals surface area contributed by atoms with Crippen molar-refractivity contribution in [2.45, 2.75) is 6.92 Å². The summed E-state index contributed by atoms with van der Waals surface area (Å²) in [6.07, 6.45) is 0. The van der Waals surface area contributed by atoms with Gasteiger partial charge < -0.3 is 0 Å². The highest BCUT2D eigenvalue weighted by Crippen LogP contribution is 2.26. The van der Waals surface area contributed by atoms with E-state index >= 15 is 0 Å². The molecule has 0 aliphatic carbocycles. The van der Waals surface area contributed by atoms with E-state index in [1.807, 2.05) is 61.5 Å². The summed E-state index contributed by atoms with van der Waals surface area (Å²) in [4.78, 5) is 12.0. The van der Waals surface area contributed by atoms with Crippen LogP contribution in [0.5, 0.6) is 0 Å². The minimum absolute atomic E-state index is 0.145. The van der Waals surface area contributed by atoms with Crippen LogP contribution in [0.4, 0.5) is 0 Å². The number of hydrogen-bond acceptors (Lipinski definition) is 2. The van der Waals surface area contributed by atoms with Crippen molar-refractivity contribution in [3.63, 3.8) is 0 Å². The number of carbonyl (C=O) groups is 1. The molecule has 0 radical (unpaired) electrons. The lowest BCUT2D eigenvalue weighted by Gasteiger charge is -2.07. The molecule has 2 heteroatoms. The maximum atomic E-state index is 12.0. The number of hydrogen-bond donors (Lipinski definition) is 0. The lowest BCUT2D eigenvalue weighted by molar-refractivity contribution is 0.108. The Morgan fingerprint density at radius 1 is 1.00 bits per heavy atom. The van der Waals surface area contributed by atoms with Gasteiger partial charge in [0.25, 0.3) is 0 Å². The molecule has 2 aromatic carbocycles. The van der Waals surface area contributed by atoms with Crippen LogP contribution in [0.2, 0.25) is 0 Å². The molecule has 0 saturated carbocycles. The topological polar surface area (TPSA) is 17.1 Å². The van der Waals surface area contributed by atoms with Crippen LogP contribution in [0.15, 0.2) is 54.6 Å². The van der Waals surface area contributed by atoms with Crippen LogP contribution in [-0.2, 0) is 0 Å². The Kier molecular flexibility index (Phi) is 3.99. The van der Waals surface area contributed by atoms with E-state index < -0.39 is 0 Å². The monoisotopic (exact) mass is 242 g/mol.